The van der Waals surface area contributed by atoms with E-state index in [9.17, 15) is 8.78 Å². The van der Waals surface area contributed by atoms with Gasteiger partial charge in [-0.1, -0.05) is 19.1 Å². The van der Waals surface area contributed by atoms with E-state index in [1.165, 1.54) is 12.3 Å². The molecule has 0 bridgehead atoms. The summed E-state index contributed by atoms with van der Waals surface area (Å²) in [5.74, 6) is -0.610. The number of halogens is 2. The number of nitrogens with zero attached hydrogens (tertiary/aromatic N) is 1. The molecule has 2 nitrogen and oxygen atoms in total. The van der Waals surface area contributed by atoms with Crippen LogP contribution in [0.2, 0.25) is 0 Å². The van der Waals surface area contributed by atoms with Crippen molar-refractivity contribution < 1.29 is 8.78 Å². The van der Waals surface area contributed by atoms with Crippen LogP contribution in [0, 0.1) is 18.6 Å². The Hall–Kier alpha value is -1.81. The van der Waals surface area contributed by atoms with Gasteiger partial charge in [-0.3, -0.25) is 4.98 Å². The second kappa shape index (κ2) is 6.57. The molecule has 0 aliphatic carbocycles. The standard InChI is InChI=1S/C16H18F2N2/c1-3-7-20-16(13-6-8-19-10-15(13)18)12-4-5-14(17)11(2)9-12/h4-6,8-10,16,20H,3,7H2,1-2H3. The van der Waals surface area contributed by atoms with Gasteiger partial charge in [-0.25, -0.2) is 8.78 Å². The highest BCUT2D eigenvalue weighted by Crippen LogP contribution is 2.25. The highest BCUT2D eigenvalue weighted by molar-refractivity contribution is 5.34. The third-order valence-corrected chi connectivity index (χ3v) is 3.23. The molecule has 0 fully saturated rings. The van der Waals surface area contributed by atoms with Crippen molar-refractivity contribution >= 4 is 0 Å². The van der Waals surface area contributed by atoms with Crippen molar-refractivity contribution in [3.63, 3.8) is 0 Å². The molecular weight excluding hydrogens is 258 g/mol. The molecule has 0 radical (unpaired) electrons. The van der Waals surface area contributed by atoms with Crippen molar-refractivity contribution in [2.24, 2.45) is 0 Å². The van der Waals surface area contributed by atoms with Crippen molar-refractivity contribution in [1.29, 1.82) is 0 Å². The maximum atomic E-state index is 14.0. The Balaban J connectivity index is 2.41. The van der Waals surface area contributed by atoms with Crippen molar-refractivity contribution in [3.05, 3.63) is 65.0 Å². The Morgan fingerprint density at radius 1 is 1.20 bits per heavy atom. The minimum Gasteiger partial charge on any atom is -0.306 e. The molecule has 1 heterocycles. The van der Waals surface area contributed by atoms with Crippen molar-refractivity contribution in [3.8, 4) is 0 Å². The first kappa shape index (κ1) is 14.6. The predicted octanol–water partition coefficient (Wildman–Crippen LogP) is 3.76. The van der Waals surface area contributed by atoms with Crippen molar-refractivity contribution in [1.82, 2.24) is 10.3 Å². The zero-order chi connectivity index (χ0) is 14.5. The third kappa shape index (κ3) is 3.20. The highest BCUT2D eigenvalue weighted by Gasteiger charge is 2.17. The summed E-state index contributed by atoms with van der Waals surface area (Å²) in [4.78, 5) is 3.77. The number of aromatic nitrogens is 1. The molecular formula is C16H18F2N2. The highest BCUT2D eigenvalue weighted by atomic mass is 19.1. The summed E-state index contributed by atoms with van der Waals surface area (Å²) in [5.41, 5.74) is 1.93. The van der Waals surface area contributed by atoms with Gasteiger partial charge in [0.15, 0.2) is 0 Å². The van der Waals surface area contributed by atoms with Gasteiger partial charge >= 0.3 is 0 Å². The molecule has 1 unspecified atom stereocenters. The van der Waals surface area contributed by atoms with Crippen molar-refractivity contribution in [2.75, 3.05) is 6.54 Å². The largest absolute Gasteiger partial charge is 0.306 e. The Morgan fingerprint density at radius 3 is 2.65 bits per heavy atom. The van der Waals surface area contributed by atoms with E-state index in [1.54, 1.807) is 31.3 Å². The van der Waals surface area contributed by atoms with Crippen LogP contribution in [0.5, 0.6) is 0 Å². The minimum absolute atomic E-state index is 0.252. The third-order valence-electron chi connectivity index (χ3n) is 3.23. The van der Waals surface area contributed by atoms with E-state index in [4.69, 9.17) is 0 Å². The fourth-order valence-corrected chi connectivity index (χ4v) is 2.16. The first-order valence-corrected chi connectivity index (χ1v) is 6.72. The van der Waals surface area contributed by atoms with Crippen molar-refractivity contribution in [2.45, 2.75) is 26.3 Å². The molecule has 2 aromatic rings. The molecule has 0 amide bonds. The van der Waals surface area contributed by atoms with Gasteiger partial charge in [0.05, 0.1) is 12.2 Å². The average molecular weight is 276 g/mol. The Bertz CT molecular complexity index is 584. The lowest BCUT2D eigenvalue weighted by molar-refractivity contribution is 0.541. The number of rotatable bonds is 5. The van der Waals surface area contributed by atoms with Crippen LogP contribution in [0.4, 0.5) is 8.78 Å². The van der Waals surface area contributed by atoms with Crippen LogP contribution in [0.3, 0.4) is 0 Å². The van der Waals surface area contributed by atoms with Gasteiger partial charge < -0.3 is 5.32 Å². The maximum Gasteiger partial charge on any atom is 0.146 e. The summed E-state index contributed by atoms with van der Waals surface area (Å²) in [6.07, 6.45) is 3.70. The molecule has 0 aliphatic rings. The Labute approximate surface area is 117 Å². The molecule has 0 saturated carbocycles. The number of hydrogen-bond donors (Lipinski definition) is 1. The van der Waals surface area contributed by atoms with E-state index in [2.05, 4.69) is 10.3 Å². The monoisotopic (exact) mass is 276 g/mol. The second-order valence-electron chi connectivity index (χ2n) is 4.79. The lowest BCUT2D eigenvalue weighted by atomic mass is 9.97. The summed E-state index contributed by atoms with van der Waals surface area (Å²) in [7, 11) is 0. The molecule has 4 heteroatoms. The van der Waals surface area contributed by atoms with E-state index in [0.717, 1.165) is 18.5 Å². The van der Waals surface area contributed by atoms with Crippen LogP contribution in [-0.2, 0) is 0 Å². The molecule has 20 heavy (non-hydrogen) atoms. The fourth-order valence-electron chi connectivity index (χ4n) is 2.16. The molecule has 1 aromatic carbocycles. The van der Waals surface area contributed by atoms with Crippen LogP contribution < -0.4 is 5.32 Å². The molecule has 106 valence electrons. The summed E-state index contributed by atoms with van der Waals surface area (Å²) in [6, 6.07) is 6.22. The number of nitrogens with one attached hydrogen (secondary N) is 1. The van der Waals surface area contributed by atoms with Gasteiger partial charge in [-0.05, 0) is 43.1 Å². The number of hydrogen-bond acceptors (Lipinski definition) is 2. The topological polar surface area (TPSA) is 24.9 Å². The predicted molar refractivity (Wildman–Crippen MR) is 75.5 cm³/mol. The molecule has 0 aliphatic heterocycles. The number of pyridine rings is 1. The summed E-state index contributed by atoms with van der Waals surface area (Å²) in [5, 5.41) is 3.30. The van der Waals surface area contributed by atoms with E-state index in [-0.39, 0.29) is 17.7 Å². The van der Waals surface area contributed by atoms with Gasteiger partial charge in [-0.2, -0.15) is 0 Å². The normalized spacial score (nSPS) is 12.4. The van der Waals surface area contributed by atoms with Gasteiger partial charge in [0.2, 0.25) is 0 Å². The zero-order valence-electron chi connectivity index (χ0n) is 11.7. The molecule has 1 aromatic heterocycles. The minimum atomic E-state index is -0.358. The van der Waals surface area contributed by atoms with Gasteiger partial charge in [-0.15, -0.1) is 0 Å². The van der Waals surface area contributed by atoms with Crippen LogP contribution in [0.1, 0.15) is 36.1 Å². The lowest BCUT2D eigenvalue weighted by Crippen LogP contribution is -2.24. The van der Waals surface area contributed by atoms with Gasteiger partial charge in [0, 0.05) is 11.8 Å². The summed E-state index contributed by atoms with van der Waals surface area (Å²) in [6.45, 7) is 4.50. The van der Waals surface area contributed by atoms with Crippen LogP contribution in [-0.4, -0.2) is 11.5 Å². The lowest BCUT2D eigenvalue weighted by Gasteiger charge is -2.20. The van der Waals surface area contributed by atoms with E-state index in [0.29, 0.717) is 11.1 Å². The number of aryl methyl sites for hydroxylation is 1. The zero-order valence-corrected chi connectivity index (χ0v) is 11.7. The fraction of sp³-hybridized carbons (Fsp3) is 0.312. The molecule has 0 saturated heterocycles. The van der Waals surface area contributed by atoms with E-state index < -0.39 is 0 Å². The maximum absolute atomic E-state index is 14.0. The summed E-state index contributed by atoms with van der Waals surface area (Å²) >= 11 is 0. The quantitative estimate of drug-likeness (QED) is 0.899. The first-order chi connectivity index (χ1) is 9.63. The molecule has 0 spiro atoms. The smallest absolute Gasteiger partial charge is 0.146 e. The molecule has 1 N–H and O–H groups in total. The number of benzene rings is 1. The SMILES string of the molecule is CCCNC(c1ccc(F)c(C)c1)c1ccncc1F. The van der Waals surface area contributed by atoms with E-state index in [1.807, 2.05) is 6.92 Å². The second-order valence-corrected chi connectivity index (χ2v) is 4.79. The van der Waals surface area contributed by atoms with Crippen LogP contribution in [0.25, 0.3) is 0 Å². The van der Waals surface area contributed by atoms with Gasteiger partial charge in [0.1, 0.15) is 11.6 Å². The molecule has 1 atom stereocenters. The summed E-state index contributed by atoms with van der Waals surface area (Å²) < 4.78 is 27.3. The van der Waals surface area contributed by atoms with E-state index >= 15 is 0 Å². The first-order valence-electron chi connectivity index (χ1n) is 6.72. The average Bonchev–Trinajstić information content (AvgIpc) is 2.44. The van der Waals surface area contributed by atoms with Crippen LogP contribution in [0.15, 0.2) is 36.7 Å². The Morgan fingerprint density at radius 2 is 2.00 bits per heavy atom. The Kier molecular flexibility index (Phi) is 4.79. The van der Waals surface area contributed by atoms with Gasteiger partial charge in [0.25, 0.3) is 0 Å². The van der Waals surface area contributed by atoms with Crippen LogP contribution >= 0.6 is 0 Å². The molecule has 2 rings (SSSR count).